The maximum Gasteiger partial charge on any atom is 0.425 e. The molecular weight excluding hydrogens is 320 g/mol. The van der Waals surface area contributed by atoms with E-state index in [1.807, 2.05) is 27.7 Å². The van der Waals surface area contributed by atoms with Crippen LogP contribution in [0.1, 0.15) is 27.7 Å². The second-order valence-corrected chi connectivity index (χ2v) is 6.42. The molecule has 0 aliphatic rings. The zero-order valence-electron chi connectivity index (χ0n) is 11.7. The lowest BCUT2D eigenvalue weighted by Crippen LogP contribution is -2.58. The van der Waals surface area contributed by atoms with Crippen molar-refractivity contribution >= 4 is 20.8 Å². The Morgan fingerprint density at radius 2 is 0.900 bits per heavy atom. The van der Waals surface area contributed by atoms with E-state index in [-0.39, 0.29) is 23.4 Å². The van der Waals surface area contributed by atoms with Crippen LogP contribution in [0.5, 0.6) is 0 Å². The van der Waals surface area contributed by atoms with Gasteiger partial charge in [-0.2, -0.15) is 16.8 Å². The lowest BCUT2D eigenvalue weighted by atomic mass is 9.85. The molecule has 0 saturated carbocycles. The molecule has 0 bridgehead atoms. The van der Waals surface area contributed by atoms with E-state index in [2.05, 4.69) is 8.67 Å². The van der Waals surface area contributed by atoms with Crippen LogP contribution in [0.2, 0.25) is 0 Å². The van der Waals surface area contributed by atoms with Crippen molar-refractivity contribution < 1.29 is 34.6 Å². The van der Waals surface area contributed by atoms with Crippen LogP contribution < -0.4 is 23.8 Å². The van der Waals surface area contributed by atoms with Crippen molar-refractivity contribution in [2.75, 3.05) is 0 Å². The molecule has 0 heterocycles. The minimum atomic E-state index is -5.02. The van der Waals surface area contributed by atoms with Crippen LogP contribution in [0.4, 0.5) is 0 Å². The summed E-state index contributed by atoms with van der Waals surface area (Å²) in [6.07, 6.45) is 0. The Kier molecular flexibility index (Phi) is 12.2. The van der Waals surface area contributed by atoms with Crippen LogP contribution >= 0.6 is 0 Å². The van der Waals surface area contributed by atoms with Crippen LogP contribution in [-0.4, -0.2) is 37.0 Å². The third-order valence-electron chi connectivity index (χ3n) is 1.86. The Morgan fingerprint density at radius 3 is 0.950 bits per heavy atom. The van der Waals surface area contributed by atoms with Gasteiger partial charge in [-0.15, -0.1) is 0 Å². The highest BCUT2D eigenvalue weighted by molar-refractivity contribution is 7.83. The molecule has 0 unspecified atom stereocenters. The van der Waals surface area contributed by atoms with Crippen molar-refractivity contribution in [2.45, 2.75) is 38.8 Å². The number of rotatable bonds is 4. The summed E-state index contributed by atoms with van der Waals surface area (Å²) >= 11 is 0. The molecule has 20 heavy (non-hydrogen) atoms. The van der Waals surface area contributed by atoms with Gasteiger partial charge in [0.05, 0.1) is 0 Å². The average molecular weight is 344 g/mol. The summed E-state index contributed by atoms with van der Waals surface area (Å²) in [5.74, 6) is 0. The minimum Gasteiger partial charge on any atom is -0.344 e. The monoisotopic (exact) mass is 344 g/mol. The molecule has 0 aliphatic heterocycles. The Hall–Kier alpha value is -0.420. The van der Waals surface area contributed by atoms with Gasteiger partial charge in [0.15, 0.2) is 0 Å². The highest BCUT2D eigenvalue weighted by atomic mass is 32.3. The summed E-state index contributed by atoms with van der Waals surface area (Å²) in [7, 11) is -10.0. The topological polar surface area (TPSA) is 249 Å². The van der Waals surface area contributed by atoms with E-state index >= 15 is 0 Å². The van der Waals surface area contributed by atoms with Crippen LogP contribution in [-0.2, 0) is 29.5 Å². The summed E-state index contributed by atoms with van der Waals surface area (Å²) in [6.45, 7) is 7.69. The largest absolute Gasteiger partial charge is 0.425 e. The zero-order valence-corrected chi connectivity index (χ0v) is 13.4. The number of hydrogen-bond donors (Lipinski definition) is 6. The first-order valence-electron chi connectivity index (χ1n) is 4.36. The molecule has 12 N–H and O–H groups in total. The third kappa shape index (κ3) is 19.9. The van der Waals surface area contributed by atoms with Crippen LogP contribution in [0.25, 0.3) is 0 Å². The maximum atomic E-state index is 9.51. The normalized spacial score (nSPS) is 12.4. The predicted molar refractivity (Wildman–Crippen MR) is 71.8 cm³/mol. The van der Waals surface area contributed by atoms with E-state index in [1.165, 1.54) is 0 Å². The van der Waals surface area contributed by atoms with E-state index < -0.39 is 20.8 Å². The molecule has 0 amide bonds. The highest BCUT2D eigenvalue weighted by Crippen LogP contribution is 2.13. The molecule has 0 fully saturated rings. The SMILES string of the molecule is CC(C)(N)C(C)(C)N.N.N.O=S(=O)(O)OOS(=O)(=O)O. The lowest BCUT2D eigenvalue weighted by molar-refractivity contribution is -0.105. The van der Waals surface area contributed by atoms with Crippen LogP contribution in [0.3, 0.4) is 0 Å². The Balaban J connectivity index is -0.000000119. The van der Waals surface area contributed by atoms with Crippen molar-refractivity contribution in [3.8, 4) is 0 Å². The van der Waals surface area contributed by atoms with Gasteiger partial charge in [0, 0.05) is 11.1 Å². The fourth-order valence-corrected chi connectivity index (χ4v) is 0.632. The summed E-state index contributed by atoms with van der Waals surface area (Å²) in [5, 5.41) is 0. The van der Waals surface area contributed by atoms with Crippen molar-refractivity contribution in [3.63, 3.8) is 0 Å². The van der Waals surface area contributed by atoms with Crippen LogP contribution in [0.15, 0.2) is 0 Å². The Bertz CT molecular complexity index is 402. The Morgan fingerprint density at radius 1 is 0.750 bits per heavy atom. The molecule has 0 atom stereocenters. The molecule has 0 saturated heterocycles. The highest BCUT2D eigenvalue weighted by Gasteiger charge is 2.28. The second-order valence-electron chi connectivity index (χ2n) is 4.43. The van der Waals surface area contributed by atoms with Gasteiger partial charge in [-0.3, -0.25) is 9.11 Å². The molecule has 0 aromatic carbocycles. The van der Waals surface area contributed by atoms with Gasteiger partial charge in [-0.25, -0.2) is 0 Å². The molecule has 12 nitrogen and oxygen atoms in total. The van der Waals surface area contributed by atoms with Gasteiger partial charge < -0.3 is 23.8 Å². The number of hydrogen-bond acceptors (Lipinski definition) is 10. The van der Waals surface area contributed by atoms with Gasteiger partial charge >= 0.3 is 20.8 Å². The van der Waals surface area contributed by atoms with E-state index in [0.29, 0.717) is 0 Å². The molecule has 0 aliphatic carbocycles. The van der Waals surface area contributed by atoms with Crippen molar-refractivity contribution in [2.24, 2.45) is 11.5 Å². The van der Waals surface area contributed by atoms with E-state index in [0.717, 1.165) is 0 Å². The summed E-state index contributed by atoms with van der Waals surface area (Å²) in [5.41, 5.74) is 10.8. The fourth-order valence-electron chi connectivity index (χ4n) is 0.0702. The van der Waals surface area contributed by atoms with Crippen molar-refractivity contribution in [1.82, 2.24) is 12.3 Å². The average Bonchev–Trinajstić information content (AvgIpc) is 1.95. The molecule has 0 radical (unpaired) electrons. The molecular formula is C6H24N4O8S2. The van der Waals surface area contributed by atoms with Crippen LogP contribution in [0, 0.1) is 0 Å². The standard InChI is InChI=1S/C6H16N2.2H3N.H2O8S2/c1-5(2,7)6(3,4)8;;;1-9(2,3)7-8-10(4,5)6/h7-8H2,1-4H3;2*1H3;(H,1,2,3)(H,4,5,6). The van der Waals surface area contributed by atoms with Gasteiger partial charge in [-0.05, 0) is 27.7 Å². The summed E-state index contributed by atoms with van der Waals surface area (Å²) in [6, 6.07) is 0. The summed E-state index contributed by atoms with van der Waals surface area (Å²) in [4.78, 5) is 0. The smallest absolute Gasteiger partial charge is 0.344 e. The van der Waals surface area contributed by atoms with Gasteiger partial charge in [0.2, 0.25) is 0 Å². The van der Waals surface area contributed by atoms with E-state index in [1.54, 1.807) is 0 Å². The zero-order chi connectivity index (χ0) is 15.4. The second kappa shape index (κ2) is 8.78. The third-order valence-corrected chi connectivity index (χ3v) is 2.43. The molecule has 0 rings (SSSR count). The first-order chi connectivity index (χ1) is 7.46. The fraction of sp³-hybridized carbons (Fsp3) is 1.00. The van der Waals surface area contributed by atoms with Crippen molar-refractivity contribution in [3.05, 3.63) is 0 Å². The van der Waals surface area contributed by atoms with Gasteiger partial charge in [0.1, 0.15) is 0 Å². The maximum absolute atomic E-state index is 9.51. The molecule has 128 valence electrons. The first-order valence-corrected chi connectivity index (χ1v) is 7.09. The van der Waals surface area contributed by atoms with Crippen molar-refractivity contribution in [1.29, 1.82) is 0 Å². The minimum absolute atomic E-state index is 0. The predicted octanol–water partition coefficient (Wildman–Crippen LogP) is -0.675. The molecule has 14 heteroatoms. The molecule has 0 aromatic rings. The van der Waals surface area contributed by atoms with Gasteiger partial charge in [0.25, 0.3) is 0 Å². The molecule has 0 aromatic heterocycles. The quantitative estimate of drug-likeness (QED) is 0.211. The van der Waals surface area contributed by atoms with E-state index in [4.69, 9.17) is 20.6 Å². The molecule has 0 spiro atoms. The Labute approximate surface area is 118 Å². The van der Waals surface area contributed by atoms with Gasteiger partial charge in [-0.1, -0.05) is 8.67 Å². The summed E-state index contributed by atoms with van der Waals surface area (Å²) < 4.78 is 58.9. The lowest BCUT2D eigenvalue weighted by Gasteiger charge is -2.34. The first kappa shape index (κ1) is 27.8. The number of nitrogens with two attached hydrogens (primary N) is 2. The van der Waals surface area contributed by atoms with E-state index in [9.17, 15) is 16.8 Å².